The fraction of sp³-hybridized carbons (Fsp3) is 0.909. The standard InChI is InChI=1S/C11H21N3O/c15-11(9-3-4-9)14-7-6-12-8-10-2-1-5-13-10/h9-10,12-13H,1-8H2,(H,14,15). The van der Waals surface area contributed by atoms with Gasteiger partial charge in [0.1, 0.15) is 0 Å². The predicted octanol–water partition coefficient (Wildman–Crippen LogP) is -0.146. The van der Waals surface area contributed by atoms with Crippen LogP contribution in [0.2, 0.25) is 0 Å². The Morgan fingerprint density at radius 2 is 2.13 bits per heavy atom. The first-order chi connectivity index (χ1) is 7.36. The molecule has 2 rings (SSSR count). The molecule has 4 heteroatoms. The van der Waals surface area contributed by atoms with Gasteiger partial charge in [-0.25, -0.2) is 0 Å². The van der Waals surface area contributed by atoms with E-state index in [1.807, 2.05) is 0 Å². The molecule has 3 N–H and O–H groups in total. The Labute approximate surface area is 91.2 Å². The first kappa shape index (κ1) is 10.9. The van der Waals surface area contributed by atoms with E-state index in [0.29, 0.717) is 12.0 Å². The molecule has 2 aliphatic rings. The van der Waals surface area contributed by atoms with E-state index in [4.69, 9.17) is 0 Å². The summed E-state index contributed by atoms with van der Waals surface area (Å²) in [6.45, 7) is 3.84. The Kier molecular flexibility index (Phi) is 3.97. The molecule has 1 saturated heterocycles. The summed E-state index contributed by atoms with van der Waals surface area (Å²) in [5.41, 5.74) is 0. The minimum absolute atomic E-state index is 0.246. The highest BCUT2D eigenvalue weighted by Gasteiger charge is 2.28. The lowest BCUT2D eigenvalue weighted by atomic mass is 10.2. The third kappa shape index (κ3) is 3.80. The maximum Gasteiger partial charge on any atom is 0.223 e. The Morgan fingerprint density at radius 3 is 2.80 bits per heavy atom. The second-order valence-corrected chi connectivity index (χ2v) is 4.56. The summed E-state index contributed by atoms with van der Waals surface area (Å²) in [5, 5.41) is 9.75. The van der Waals surface area contributed by atoms with Crippen molar-refractivity contribution in [2.24, 2.45) is 5.92 Å². The van der Waals surface area contributed by atoms with E-state index in [1.165, 1.54) is 12.8 Å². The largest absolute Gasteiger partial charge is 0.355 e. The Bertz CT molecular complexity index is 210. The van der Waals surface area contributed by atoms with Gasteiger partial charge in [-0.2, -0.15) is 0 Å². The van der Waals surface area contributed by atoms with E-state index < -0.39 is 0 Å². The van der Waals surface area contributed by atoms with E-state index in [2.05, 4.69) is 16.0 Å². The highest BCUT2D eigenvalue weighted by atomic mass is 16.2. The van der Waals surface area contributed by atoms with Crippen molar-refractivity contribution in [3.05, 3.63) is 0 Å². The average Bonchev–Trinajstić information content (AvgIpc) is 2.97. The maximum atomic E-state index is 11.3. The molecule has 0 spiro atoms. The van der Waals surface area contributed by atoms with Gasteiger partial charge in [0.2, 0.25) is 5.91 Å². The molecule has 0 aromatic rings. The predicted molar refractivity (Wildman–Crippen MR) is 59.6 cm³/mol. The van der Waals surface area contributed by atoms with Crippen molar-refractivity contribution in [2.45, 2.75) is 31.7 Å². The van der Waals surface area contributed by atoms with Crippen LogP contribution in [-0.4, -0.2) is 38.1 Å². The molecule has 0 aromatic carbocycles. The van der Waals surface area contributed by atoms with Crippen LogP contribution >= 0.6 is 0 Å². The summed E-state index contributed by atoms with van der Waals surface area (Å²) in [7, 11) is 0. The number of hydrogen-bond acceptors (Lipinski definition) is 3. The molecule has 1 atom stereocenters. The number of nitrogens with one attached hydrogen (secondary N) is 3. The van der Waals surface area contributed by atoms with Crippen molar-refractivity contribution in [3.63, 3.8) is 0 Å². The van der Waals surface area contributed by atoms with Crippen molar-refractivity contribution in [1.29, 1.82) is 0 Å². The van der Waals surface area contributed by atoms with Crippen LogP contribution in [-0.2, 0) is 4.79 Å². The molecule has 0 aromatic heterocycles. The minimum atomic E-state index is 0.246. The summed E-state index contributed by atoms with van der Waals surface area (Å²) in [6, 6.07) is 0.643. The van der Waals surface area contributed by atoms with Crippen molar-refractivity contribution in [3.8, 4) is 0 Å². The fourth-order valence-electron chi connectivity index (χ4n) is 1.97. The van der Waals surface area contributed by atoms with Crippen LogP contribution in [0.4, 0.5) is 0 Å². The zero-order valence-corrected chi connectivity index (χ0v) is 9.22. The molecule has 0 radical (unpaired) electrons. The van der Waals surface area contributed by atoms with Gasteiger partial charge in [-0.15, -0.1) is 0 Å². The SMILES string of the molecule is O=C(NCCNCC1CCCN1)C1CC1. The second-order valence-electron chi connectivity index (χ2n) is 4.56. The summed E-state index contributed by atoms with van der Waals surface area (Å²) in [4.78, 5) is 11.3. The van der Waals surface area contributed by atoms with Crippen LogP contribution in [0.25, 0.3) is 0 Å². The first-order valence-electron chi connectivity index (χ1n) is 6.08. The highest BCUT2D eigenvalue weighted by molar-refractivity contribution is 5.80. The molecular weight excluding hydrogens is 190 g/mol. The quantitative estimate of drug-likeness (QED) is 0.536. The first-order valence-corrected chi connectivity index (χ1v) is 6.08. The second kappa shape index (κ2) is 5.47. The third-order valence-electron chi connectivity index (χ3n) is 3.10. The zero-order valence-electron chi connectivity index (χ0n) is 9.22. The van der Waals surface area contributed by atoms with Crippen molar-refractivity contribution >= 4 is 5.91 Å². The van der Waals surface area contributed by atoms with Crippen LogP contribution < -0.4 is 16.0 Å². The summed E-state index contributed by atoms with van der Waals surface area (Å²) < 4.78 is 0. The molecule has 0 bridgehead atoms. The van der Waals surface area contributed by atoms with Crippen LogP contribution in [0, 0.1) is 5.92 Å². The smallest absolute Gasteiger partial charge is 0.223 e. The van der Waals surface area contributed by atoms with Gasteiger partial charge < -0.3 is 16.0 Å². The van der Waals surface area contributed by atoms with Gasteiger partial charge in [0.25, 0.3) is 0 Å². The highest BCUT2D eigenvalue weighted by Crippen LogP contribution is 2.28. The van der Waals surface area contributed by atoms with Gasteiger partial charge in [0.15, 0.2) is 0 Å². The Morgan fingerprint density at radius 1 is 1.27 bits per heavy atom. The monoisotopic (exact) mass is 211 g/mol. The van der Waals surface area contributed by atoms with Crippen molar-refractivity contribution in [2.75, 3.05) is 26.2 Å². The molecule has 1 heterocycles. The average molecular weight is 211 g/mol. The lowest BCUT2D eigenvalue weighted by Crippen LogP contribution is -2.38. The van der Waals surface area contributed by atoms with Crippen molar-refractivity contribution < 1.29 is 4.79 Å². The number of carbonyl (C=O) groups is 1. The van der Waals surface area contributed by atoms with Crippen LogP contribution in [0.3, 0.4) is 0 Å². The summed E-state index contributed by atoms with van der Waals surface area (Å²) in [5.74, 6) is 0.581. The van der Waals surface area contributed by atoms with E-state index in [1.54, 1.807) is 0 Å². The van der Waals surface area contributed by atoms with Gasteiger partial charge in [-0.1, -0.05) is 0 Å². The lowest BCUT2D eigenvalue weighted by Gasteiger charge is -2.11. The van der Waals surface area contributed by atoms with E-state index in [-0.39, 0.29) is 5.91 Å². The molecular formula is C11H21N3O. The van der Waals surface area contributed by atoms with Gasteiger partial charge in [-0.3, -0.25) is 4.79 Å². The van der Waals surface area contributed by atoms with Crippen LogP contribution in [0.1, 0.15) is 25.7 Å². The van der Waals surface area contributed by atoms with E-state index in [9.17, 15) is 4.79 Å². The van der Waals surface area contributed by atoms with Gasteiger partial charge in [0.05, 0.1) is 0 Å². The van der Waals surface area contributed by atoms with Gasteiger partial charge in [-0.05, 0) is 32.2 Å². The van der Waals surface area contributed by atoms with Crippen LogP contribution in [0.5, 0.6) is 0 Å². The lowest BCUT2D eigenvalue weighted by molar-refractivity contribution is -0.122. The topological polar surface area (TPSA) is 53.2 Å². The van der Waals surface area contributed by atoms with E-state index in [0.717, 1.165) is 39.0 Å². The van der Waals surface area contributed by atoms with Gasteiger partial charge in [0, 0.05) is 31.6 Å². The summed E-state index contributed by atoms with van der Waals surface area (Å²) in [6.07, 6.45) is 4.75. The number of hydrogen-bond donors (Lipinski definition) is 3. The Balaban J connectivity index is 1.42. The molecule has 1 unspecified atom stereocenters. The number of amides is 1. The molecule has 1 aliphatic carbocycles. The Hall–Kier alpha value is -0.610. The molecule has 15 heavy (non-hydrogen) atoms. The zero-order chi connectivity index (χ0) is 10.5. The molecule has 4 nitrogen and oxygen atoms in total. The van der Waals surface area contributed by atoms with Crippen LogP contribution in [0.15, 0.2) is 0 Å². The molecule has 1 saturated carbocycles. The molecule has 1 amide bonds. The molecule has 2 fully saturated rings. The van der Waals surface area contributed by atoms with E-state index >= 15 is 0 Å². The third-order valence-corrected chi connectivity index (χ3v) is 3.10. The minimum Gasteiger partial charge on any atom is -0.355 e. The normalized spacial score (nSPS) is 25.5. The molecule has 1 aliphatic heterocycles. The summed E-state index contributed by atoms with van der Waals surface area (Å²) >= 11 is 0. The number of rotatable bonds is 6. The molecule has 86 valence electrons. The van der Waals surface area contributed by atoms with Gasteiger partial charge >= 0.3 is 0 Å². The van der Waals surface area contributed by atoms with Crippen molar-refractivity contribution in [1.82, 2.24) is 16.0 Å². The maximum absolute atomic E-state index is 11.3. The fourth-order valence-corrected chi connectivity index (χ4v) is 1.97. The number of carbonyl (C=O) groups excluding carboxylic acids is 1.